The van der Waals surface area contributed by atoms with E-state index in [1.54, 1.807) is 7.11 Å². The second-order valence-corrected chi connectivity index (χ2v) is 11.6. The predicted molar refractivity (Wildman–Crippen MR) is 152 cm³/mol. The molecular formula is C30H45N5O4. The van der Waals surface area contributed by atoms with E-state index in [4.69, 9.17) is 4.74 Å². The van der Waals surface area contributed by atoms with Gasteiger partial charge in [0.2, 0.25) is 17.7 Å². The largest absolute Gasteiger partial charge is 0.385 e. The molecule has 4 rings (SSSR count). The van der Waals surface area contributed by atoms with Gasteiger partial charge in [-0.05, 0) is 56.1 Å². The van der Waals surface area contributed by atoms with E-state index >= 15 is 0 Å². The normalized spacial score (nSPS) is 20.9. The van der Waals surface area contributed by atoms with Gasteiger partial charge in [-0.25, -0.2) is 0 Å². The van der Waals surface area contributed by atoms with Crippen molar-refractivity contribution in [2.45, 2.75) is 83.5 Å². The number of hydrogen-bond acceptors (Lipinski definition) is 5. The van der Waals surface area contributed by atoms with Gasteiger partial charge in [-0.3, -0.25) is 14.4 Å². The summed E-state index contributed by atoms with van der Waals surface area (Å²) in [6.07, 6.45) is 6.92. The summed E-state index contributed by atoms with van der Waals surface area (Å²) in [6, 6.07) is 7.70. The van der Waals surface area contributed by atoms with Crippen LogP contribution in [-0.4, -0.2) is 72.5 Å². The molecule has 0 bridgehead atoms. The Hall–Kier alpha value is -2.91. The Morgan fingerprint density at radius 2 is 1.92 bits per heavy atom. The highest BCUT2D eigenvalue weighted by Crippen LogP contribution is 2.40. The van der Waals surface area contributed by atoms with Crippen LogP contribution in [0.2, 0.25) is 0 Å². The van der Waals surface area contributed by atoms with Crippen molar-refractivity contribution < 1.29 is 19.1 Å². The second kappa shape index (κ2) is 13.4. The summed E-state index contributed by atoms with van der Waals surface area (Å²) in [4.78, 5) is 44.5. The van der Waals surface area contributed by atoms with E-state index < -0.39 is 6.04 Å². The number of hydrogen-bond donors (Lipinski definition) is 4. The van der Waals surface area contributed by atoms with Crippen molar-refractivity contribution in [2.24, 2.45) is 11.8 Å². The number of aromatic nitrogens is 1. The Morgan fingerprint density at radius 3 is 2.62 bits per heavy atom. The monoisotopic (exact) mass is 539 g/mol. The highest BCUT2D eigenvalue weighted by molar-refractivity contribution is 5.88. The molecule has 1 aromatic heterocycles. The summed E-state index contributed by atoms with van der Waals surface area (Å²) in [5.41, 5.74) is 2.23. The molecule has 1 saturated carbocycles. The Kier molecular flexibility index (Phi) is 10.0. The minimum absolute atomic E-state index is 0.0403. The number of fused-ring (bicyclic) bond motifs is 1. The smallest absolute Gasteiger partial charge is 0.242 e. The standard InChI is InChI=1S/C30H45N5O4/c1-19(2)14-27(33-20(3)36)29(37)34-22-15-21(16-31-17-22)30(38)35(23-11-12-23)28(10-7-13-39-4)25-18-32-26-9-6-5-8-24(25)26/h5-6,8-9,18-19,21-23,27-28,31-32H,7,10-17H2,1-4H3,(H,33,36)(H,34,37)/t21-,22+,27-,28?/m0/s1. The van der Waals surface area contributed by atoms with Gasteiger partial charge >= 0.3 is 0 Å². The van der Waals surface area contributed by atoms with Gasteiger partial charge in [-0.2, -0.15) is 0 Å². The number of nitrogens with one attached hydrogen (secondary N) is 4. The van der Waals surface area contributed by atoms with Gasteiger partial charge in [0.05, 0.1) is 12.0 Å². The molecule has 1 saturated heterocycles. The van der Waals surface area contributed by atoms with Crippen molar-refractivity contribution >= 4 is 28.6 Å². The fraction of sp³-hybridized carbons (Fsp3) is 0.633. The number of nitrogens with zero attached hydrogens (tertiary/aromatic N) is 1. The number of amides is 3. The van der Waals surface area contributed by atoms with Crippen molar-refractivity contribution in [2.75, 3.05) is 26.8 Å². The molecule has 214 valence electrons. The molecule has 2 heterocycles. The minimum Gasteiger partial charge on any atom is -0.385 e. The van der Waals surface area contributed by atoms with Crippen LogP contribution in [0.4, 0.5) is 0 Å². The summed E-state index contributed by atoms with van der Waals surface area (Å²) < 4.78 is 5.36. The molecule has 2 aliphatic rings. The van der Waals surface area contributed by atoms with Crippen LogP contribution in [0.15, 0.2) is 30.5 Å². The fourth-order valence-corrected chi connectivity index (χ4v) is 5.88. The lowest BCUT2D eigenvalue weighted by atomic mass is 9.91. The third-order valence-corrected chi connectivity index (χ3v) is 7.78. The fourth-order valence-electron chi connectivity index (χ4n) is 5.88. The first-order valence-corrected chi connectivity index (χ1v) is 14.4. The zero-order valence-electron chi connectivity index (χ0n) is 23.8. The third-order valence-electron chi connectivity index (χ3n) is 7.78. The molecule has 1 aliphatic carbocycles. The van der Waals surface area contributed by atoms with E-state index in [1.165, 1.54) is 6.92 Å². The molecule has 4 N–H and O–H groups in total. The highest BCUT2D eigenvalue weighted by Gasteiger charge is 2.42. The molecule has 9 heteroatoms. The summed E-state index contributed by atoms with van der Waals surface area (Å²) in [7, 11) is 1.71. The van der Waals surface area contributed by atoms with Crippen LogP contribution in [0.3, 0.4) is 0 Å². The average Bonchev–Trinajstić information content (AvgIpc) is 3.65. The topological polar surface area (TPSA) is 116 Å². The lowest BCUT2D eigenvalue weighted by Gasteiger charge is -2.38. The molecule has 2 aromatic rings. The number of carbonyl (C=O) groups is 3. The van der Waals surface area contributed by atoms with Crippen LogP contribution in [0.25, 0.3) is 10.9 Å². The zero-order valence-corrected chi connectivity index (χ0v) is 23.8. The third kappa shape index (κ3) is 7.60. The molecule has 1 unspecified atom stereocenters. The summed E-state index contributed by atoms with van der Waals surface area (Å²) in [5.74, 6) is -0.226. The molecule has 2 fully saturated rings. The number of para-hydroxylation sites is 1. The van der Waals surface area contributed by atoms with Gasteiger partial charge in [-0.1, -0.05) is 32.0 Å². The Bertz CT molecular complexity index is 1130. The van der Waals surface area contributed by atoms with Crippen LogP contribution in [0.1, 0.15) is 70.9 Å². The number of rotatable bonds is 13. The van der Waals surface area contributed by atoms with E-state index in [1.807, 2.05) is 26.0 Å². The summed E-state index contributed by atoms with van der Waals surface area (Å²) in [6.45, 7) is 7.34. The van der Waals surface area contributed by atoms with Gasteiger partial charge in [-0.15, -0.1) is 0 Å². The molecule has 0 radical (unpaired) electrons. The number of carbonyl (C=O) groups excluding carboxylic acids is 3. The second-order valence-electron chi connectivity index (χ2n) is 11.6. The van der Waals surface area contributed by atoms with Crippen molar-refractivity contribution in [3.05, 3.63) is 36.0 Å². The minimum atomic E-state index is -0.575. The maximum absolute atomic E-state index is 14.2. The number of H-pyrrole nitrogens is 1. The molecule has 1 aromatic carbocycles. The van der Waals surface area contributed by atoms with Crippen LogP contribution >= 0.6 is 0 Å². The van der Waals surface area contributed by atoms with E-state index in [0.717, 1.165) is 42.1 Å². The number of benzene rings is 1. The lowest BCUT2D eigenvalue weighted by Crippen LogP contribution is -2.56. The first-order chi connectivity index (χ1) is 18.8. The summed E-state index contributed by atoms with van der Waals surface area (Å²) in [5, 5.41) is 10.4. The predicted octanol–water partition coefficient (Wildman–Crippen LogP) is 3.27. The SMILES string of the molecule is COCCCC(c1c[nH]c2ccccc12)N(C(=O)[C@@H]1CNC[C@H](NC(=O)[C@H](CC(C)C)NC(C)=O)C1)C1CC1. The molecular weight excluding hydrogens is 494 g/mol. The van der Waals surface area contributed by atoms with E-state index in [0.29, 0.717) is 32.5 Å². The highest BCUT2D eigenvalue weighted by atomic mass is 16.5. The molecule has 0 spiro atoms. The zero-order chi connectivity index (χ0) is 27.9. The van der Waals surface area contributed by atoms with Gasteiger partial charge < -0.3 is 30.6 Å². The van der Waals surface area contributed by atoms with Gasteiger partial charge in [0.25, 0.3) is 0 Å². The van der Waals surface area contributed by atoms with Crippen molar-refractivity contribution in [3.8, 4) is 0 Å². The first kappa shape index (κ1) is 29.1. The van der Waals surface area contributed by atoms with Crippen molar-refractivity contribution in [1.29, 1.82) is 0 Å². The van der Waals surface area contributed by atoms with Crippen molar-refractivity contribution in [3.63, 3.8) is 0 Å². The van der Waals surface area contributed by atoms with Gasteiger partial charge in [0.1, 0.15) is 6.04 Å². The van der Waals surface area contributed by atoms with Crippen LogP contribution in [0.5, 0.6) is 0 Å². The number of ether oxygens (including phenoxy) is 1. The molecule has 1 aliphatic heterocycles. The maximum Gasteiger partial charge on any atom is 0.242 e. The van der Waals surface area contributed by atoms with E-state index in [-0.39, 0.29) is 47.7 Å². The van der Waals surface area contributed by atoms with Gasteiger partial charge in [0, 0.05) is 62.9 Å². The number of methoxy groups -OCH3 is 1. The van der Waals surface area contributed by atoms with E-state index in [9.17, 15) is 14.4 Å². The first-order valence-electron chi connectivity index (χ1n) is 14.4. The van der Waals surface area contributed by atoms with Crippen molar-refractivity contribution in [1.82, 2.24) is 25.8 Å². The average molecular weight is 540 g/mol. The van der Waals surface area contributed by atoms with Crippen LogP contribution in [0, 0.1) is 11.8 Å². The van der Waals surface area contributed by atoms with Crippen LogP contribution in [-0.2, 0) is 19.1 Å². The number of piperidine rings is 1. The molecule has 9 nitrogen and oxygen atoms in total. The Labute approximate surface area is 231 Å². The Balaban J connectivity index is 1.51. The van der Waals surface area contributed by atoms with E-state index in [2.05, 4.69) is 44.2 Å². The molecule has 4 atom stereocenters. The van der Waals surface area contributed by atoms with Gasteiger partial charge in [0.15, 0.2) is 0 Å². The Morgan fingerprint density at radius 1 is 1.15 bits per heavy atom. The molecule has 3 amide bonds. The maximum atomic E-state index is 14.2. The summed E-state index contributed by atoms with van der Waals surface area (Å²) >= 11 is 0. The number of aromatic amines is 1. The lowest BCUT2D eigenvalue weighted by molar-refractivity contribution is -0.140. The molecule has 39 heavy (non-hydrogen) atoms. The quantitative estimate of drug-likeness (QED) is 0.292. The van der Waals surface area contributed by atoms with Crippen LogP contribution < -0.4 is 16.0 Å².